The second-order valence-electron chi connectivity index (χ2n) is 40.1. The molecule has 6 fully saturated rings. The number of nitrogens with zero attached hydrogens (tertiary/aromatic N) is 8. The van der Waals surface area contributed by atoms with Crippen molar-refractivity contribution < 1.29 is 68.1 Å². The summed E-state index contributed by atoms with van der Waals surface area (Å²) in [7, 11) is 6.60. The molecular weight excluding hydrogens is 1910 g/mol. The van der Waals surface area contributed by atoms with E-state index < -0.39 is 24.4 Å². The van der Waals surface area contributed by atoms with Gasteiger partial charge in [0.05, 0.1) is 39.8 Å². The zero-order valence-corrected chi connectivity index (χ0v) is 87.5. The molecule has 0 radical (unpaired) electrons. The van der Waals surface area contributed by atoms with Crippen LogP contribution in [0, 0.1) is 6.92 Å². The lowest BCUT2D eigenvalue weighted by Crippen LogP contribution is -2.40. The molecule has 0 bridgehead atoms. The van der Waals surface area contributed by atoms with Crippen LogP contribution in [-0.2, 0) is 16.0 Å². The molecule has 4 atom stereocenters. The van der Waals surface area contributed by atoms with Crippen LogP contribution in [-0.4, -0.2) is 280 Å². The highest BCUT2D eigenvalue weighted by atomic mass is 32.1. The minimum Gasteiger partial charge on any atom is -0.491 e. The Bertz CT molecular complexity index is 7050. The predicted molar refractivity (Wildman–Crippen MR) is 592 cm³/mol. The smallest absolute Gasteiger partial charge is 0.287 e. The SMILES string of the molecule is CON(C)C(=O)c1cc2c(OC[C@@H](O)CN3CCC(c4ccc5ccccc5c4)CC3)cccc2s1.Cc1c(C(=O)N(C)C)sc2cc(OC[C@@H](O)CN3CCC(c4cccc5ccccc45)CC3)ccc12.O=C(c1cc2c(OC[C@@H](O)CN3CCC(c4ccc5c(c4)CC=C5)CC3)cccc2s1)N1CCOCC1.O=C(c1cc2c(OC[C@@H](O)CN3CCC(c4ccc5ccccc5c4)CC3)cccc2s1)N1CCCC1. The van der Waals surface area contributed by atoms with Crippen LogP contribution in [0.5, 0.6) is 23.0 Å². The lowest BCUT2D eigenvalue weighted by Gasteiger charge is -2.33. The highest BCUT2D eigenvalue weighted by molar-refractivity contribution is 7.22. The summed E-state index contributed by atoms with van der Waals surface area (Å²) in [4.78, 5) is 73.3. The highest BCUT2D eigenvalue weighted by Crippen LogP contribution is 2.43. The average molecular weight is 2040 g/mol. The molecule has 15 aromatic rings. The van der Waals surface area contributed by atoms with E-state index in [2.05, 4.69) is 177 Å². The van der Waals surface area contributed by atoms with Crippen molar-refractivity contribution in [2.75, 3.05) is 173 Å². The molecule has 22 nitrogen and oxygen atoms in total. The van der Waals surface area contributed by atoms with E-state index in [1.165, 1.54) is 123 Å². The maximum Gasteiger partial charge on any atom is 0.287 e. The van der Waals surface area contributed by atoms with Gasteiger partial charge in [-0.05, 0) is 303 Å². The second-order valence-corrected chi connectivity index (χ2v) is 44.4. The molecule has 762 valence electrons. The third-order valence-corrected chi connectivity index (χ3v) is 34.5. The van der Waals surface area contributed by atoms with Gasteiger partial charge < -0.3 is 78.4 Å². The first-order valence-corrected chi connectivity index (χ1v) is 55.1. The summed E-state index contributed by atoms with van der Waals surface area (Å²) >= 11 is 5.92. The predicted octanol–water partition coefficient (Wildman–Crippen LogP) is 21.5. The Morgan fingerprint density at radius 3 is 1.29 bits per heavy atom. The van der Waals surface area contributed by atoms with E-state index >= 15 is 0 Å². The summed E-state index contributed by atoms with van der Waals surface area (Å²) in [5.74, 6) is 5.15. The highest BCUT2D eigenvalue weighted by Gasteiger charge is 2.32. The van der Waals surface area contributed by atoms with Gasteiger partial charge >= 0.3 is 0 Å². The van der Waals surface area contributed by atoms with Gasteiger partial charge in [-0.1, -0.05) is 176 Å². The van der Waals surface area contributed by atoms with Crippen LogP contribution in [0.1, 0.15) is 166 Å². The van der Waals surface area contributed by atoms with Crippen LogP contribution in [0.4, 0.5) is 0 Å². The zero-order valence-electron chi connectivity index (χ0n) is 84.2. The van der Waals surface area contributed by atoms with E-state index in [1.807, 2.05) is 108 Å². The topological polar surface area (TPSA) is 230 Å². The van der Waals surface area contributed by atoms with Gasteiger partial charge in [-0.15, -0.1) is 45.3 Å². The third-order valence-electron chi connectivity index (χ3n) is 29.9. The number of hydrogen-bond acceptors (Lipinski definition) is 22. The van der Waals surface area contributed by atoms with Crippen LogP contribution in [0.15, 0.2) is 243 Å². The summed E-state index contributed by atoms with van der Waals surface area (Å²) in [5.41, 5.74) is 9.57. The monoisotopic (exact) mass is 2040 g/mol. The molecule has 6 aliphatic heterocycles. The van der Waals surface area contributed by atoms with Crippen molar-refractivity contribution >= 4 is 148 Å². The number of hydroxylamine groups is 2. The molecule has 26 heteroatoms. The van der Waals surface area contributed by atoms with E-state index in [0.717, 1.165) is 214 Å². The van der Waals surface area contributed by atoms with Crippen molar-refractivity contribution in [3.05, 3.63) is 301 Å². The fourth-order valence-corrected chi connectivity index (χ4v) is 26.1. The van der Waals surface area contributed by atoms with Gasteiger partial charge in [-0.25, -0.2) is 5.06 Å². The molecule has 0 saturated carbocycles. The van der Waals surface area contributed by atoms with Crippen molar-refractivity contribution in [1.82, 2.24) is 39.4 Å². The summed E-state index contributed by atoms with van der Waals surface area (Å²) in [5, 5.41) is 55.7. The van der Waals surface area contributed by atoms with Crippen molar-refractivity contribution in [3.63, 3.8) is 0 Å². The number of thiophene rings is 4. The molecule has 146 heavy (non-hydrogen) atoms. The first-order valence-electron chi connectivity index (χ1n) is 51.9. The lowest BCUT2D eigenvalue weighted by molar-refractivity contribution is -0.0753. The molecule has 0 unspecified atom stereocenters. The van der Waals surface area contributed by atoms with Crippen molar-refractivity contribution in [2.24, 2.45) is 0 Å². The molecule has 1 aliphatic carbocycles. The lowest BCUT2D eigenvalue weighted by atomic mass is 9.86. The molecule has 4 amide bonds. The van der Waals surface area contributed by atoms with Crippen molar-refractivity contribution in [2.45, 2.75) is 126 Å². The van der Waals surface area contributed by atoms with Crippen LogP contribution >= 0.6 is 45.3 Å². The van der Waals surface area contributed by atoms with Gasteiger partial charge in [-0.2, -0.15) is 0 Å². The Morgan fingerprint density at radius 1 is 0.384 bits per heavy atom. The number of benzene rings is 11. The summed E-state index contributed by atoms with van der Waals surface area (Å²) in [6.07, 6.45) is 14.3. The van der Waals surface area contributed by atoms with E-state index in [9.17, 15) is 39.6 Å². The molecule has 0 spiro atoms. The number of aryl methyl sites for hydroxylation is 1. The first-order chi connectivity index (χ1) is 71.2. The number of likely N-dealkylation sites (tertiary alicyclic amines) is 5. The number of amides is 4. The number of β-amino-alcohol motifs (C(OH)–C–C–N with tert-alkyl or cyclic N) is 4. The van der Waals surface area contributed by atoms with Crippen LogP contribution in [0.2, 0.25) is 0 Å². The first kappa shape index (κ1) is 103. The normalized spacial score (nSPS) is 17.3. The van der Waals surface area contributed by atoms with Gasteiger partial charge in [0, 0.05) is 108 Å². The van der Waals surface area contributed by atoms with Crippen LogP contribution in [0.3, 0.4) is 0 Å². The standard InChI is InChI=1S/C31H34N2O3S.C30H34N2O4S.C30H34N2O3S.C29H32N2O4S/c34-26(20-32-16-12-23(13-17-32)25-11-10-22-6-1-2-7-24(22)18-25)21-36-28-8-5-9-29-27(28)19-30(37-29)31(35)33-14-3-4-15-33;33-25(19-31-11-9-22(10-12-31)24-8-7-21-3-1-4-23(21)17-24)20-36-27-5-2-6-28-26(27)18-29(37-28)30(34)32-13-15-35-16-14-32;1-20-25-12-11-24(17-28(25)36-29(20)30(34)31(2)3)35-19-23(33)18-32-15-13-22(14-16-32)27-10-6-8-21-7-4-5-9-26(21)27;1-30(34-2)29(33)28-17-25-26(8-5-9-27(25)36-28)35-19-24(32)18-31-14-12-21(13-15-31)23-11-10-20-6-3-4-7-22(20)16-23/h1-2,5-11,18-19,23,26,34H,3-4,12-17,20-21H2;1-3,5-8,17-18,22,25,33H,4,9-16,19-20H2;4-12,17,22-23,33H,13-16,18-19H2,1-3H3;3-11,16-17,21,24,32H,12-15,18-19H2,1-2H3/t26-;25-;23-;24-/m0000/s1. The number of ether oxygens (including phenoxy) is 5. The largest absolute Gasteiger partial charge is 0.491 e. The minimum absolute atomic E-state index is 0.0239. The van der Waals surface area contributed by atoms with Crippen LogP contribution in [0.25, 0.3) is 78.7 Å². The molecule has 4 N–H and O–H groups in total. The number of allylic oxidation sites excluding steroid dienone is 1. The Morgan fingerprint density at radius 2 is 0.801 bits per heavy atom. The molecule has 10 heterocycles. The van der Waals surface area contributed by atoms with Crippen molar-refractivity contribution in [1.29, 1.82) is 0 Å². The van der Waals surface area contributed by atoms with Crippen molar-refractivity contribution in [3.8, 4) is 23.0 Å². The summed E-state index contributed by atoms with van der Waals surface area (Å²) < 4.78 is 33.5. The Balaban J connectivity index is 0.000000123. The molecule has 7 aliphatic rings. The fourth-order valence-electron chi connectivity index (χ4n) is 21.7. The molecular formula is C120H134N8O14S4. The number of aliphatic hydroxyl groups excluding tert-OH is 4. The summed E-state index contributed by atoms with van der Waals surface area (Å²) in [6, 6.07) is 82.1. The molecule has 11 aromatic carbocycles. The maximum atomic E-state index is 12.9. The Kier molecular flexibility index (Phi) is 34.3. The average Bonchev–Trinajstić information content (AvgIpc) is 1.57. The fraction of sp³-hybridized carbons (Fsp3) is 0.383. The zero-order chi connectivity index (χ0) is 101. The quantitative estimate of drug-likeness (QED) is 0.0319. The van der Waals surface area contributed by atoms with Gasteiger partial charge in [0.2, 0.25) is 0 Å². The molecule has 6 saturated heterocycles. The second kappa shape index (κ2) is 48.6. The molecule has 22 rings (SSSR count). The number of aliphatic hydroxyl groups is 4. The Hall–Kier alpha value is -11.5. The van der Waals surface area contributed by atoms with Gasteiger partial charge in [0.1, 0.15) is 73.8 Å². The summed E-state index contributed by atoms with van der Waals surface area (Å²) in [6.45, 7) is 17.3. The van der Waals surface area contributed by atoms with Gasteiger partial charge in [0.15, 0.2) is 0 Å². The van der Waals surface area contributed by atoms with Gasteiger partial charge in [0.25, 0.3) is 23.6 Å². The number of hydrogen-bond donors (Lipinski definition) is 4. The number of carbonyl (C=O) groups is 4. The third kappa shape index (κ3) is 25.4. The van der Waals surface area contributed by atoms with E-state index in [-0.39, 0.29) is 50.1 Å². The maximum absolute atomic E-state index is 12.9. The van der Waals surface area contributed by atoms with E-state index in [0.29, 0.717) is 86.8 Å². The number of fused-ring (bicyclic) bond motifs is 8. The van der Waals surface area contributed by atoms with Gasteiger partial charge in [-0.3, -0.25) is 24.0 Å². The van der Waals surface area contributed by atoms with E-state index in [4.69, 9.17) is 28.5 Å². The number of morpholine rings is 1. The molecule has 4 aromatic heterocycles. The van der Waals surface area contributed by atoms with Crippen LogP contribution < -0.4 is 18.9 Å². The number of carbonyl (C=O) groups excluding carboxylic acids is 4. The number of piperidine rings is 4. The minimum atomic E-state index is -0.586. The number of rotatable bonds is 29. The Labute approximate surface area is 871 Å². The van der Waals surface area contributed by atoms with E-state index in [1.54, 1.807) is 26.0 Å².